The Morgan fingerprint density at radius 2 is 2.00 bits per heavy atom. The van der Waals surface area contributed by atoms with Crippen LogP contribution >= 0.6 is 11.3 Å². The second kappa shape index (κ2) is 5.53. The van der Waals surface area contributed by atoms with Crippen LogP contribution in [0.1, 0.15) is 44.3 Å². The largest absolute Gasteiger partial charge is 0.333 e. The summed E-state index contributed by atoms with van der Waals surface area (Å²) in [5.74, 6) is 0.813. The molecule has 0 radical (unpaired) electrons. The van der Waals surface area contributed by atoms with Crippen LogP contribution in [0, 0.1) is 10.1 Å². The predicted molar refractivity (Wildman–Crippen MR) is 77.8 cm³/mol. The summed E-state index contributed by atoms with van der Waals surface area (Å²) in [6.07, 6.45) is 6.17. The van der Waals surface area contributed by atoms with Gasteiger partial charge in [0.25, 0.3) is 5.89 Å². The Bertz CT molecular complexity index is 643. The van der Waals surface area contributed by atoms with Crippen molar-refractivity contribution in [3.8, 4) is 10.8 Å². The van der Waals surface area contributed by atoms with E-state index in [4.69, 9.17) is 10.3 Å². The number of nitro groups is 1. The van der Waals surface area contributed by atoms with E-state index in [1.807, 2.05) is 0 Å². The van der Waals surface area contributed by atoms with E-state index in [0.717, 1.165) is 37.0 Å². The number of nitrogens with zero attached hydrogens (tertiary/aromatic N) is 3. The summed E-state index contributed by atoms with van der Waals surface area (Å²) < 4.78 is 5.25. The van der Waals surface area contributed by atoms with Crippen LogP contribution < -0.4 is 5.73 Å². The zero-order valence-corrected chi connectivity index (χ0v) is 12.3. The molecule has 3 rings (SSSR count). The Kier molecular flexibility index (Phi) is 3.73. The molecule has 1 aliphatic rings. The second-order valence-electron chi connectivity index (χ2n) is 5.39. The molecule has 8 heteroatoms. The van der Waals surface area contributed by atoms with Crippen molar-refractivity contribution in [3.63, 3.8) is 0 Å². The molecule has 2 aromatic heterocycles. The van der Waals surface area contributed by atoms with Crippen molar-refractivity contribution < 1.29 is 9.45 Å². The van der Waals surface area contributed by atoms with E-state index in [1.54, 1.807) is 6.07 Å². The quantitative estimate of drug-likeness (QED) is 0.530. The highest BCUT2D eigenvalue weighted by Gasteiger charge is 2.33. The maximum atomic E-state index is 10.7. The van der Waals surface area contributed by atoms with Crippen molar-refractivity contribution in [3.05, 3.63) is 28.1 Å². The van der Waals surface area contributed by atoms with E-state index < -0.39 is 10.5 Å². The van der Waals surface area contributed by atoms with Crippen LogP contribution in [0.4, 0.5) is 5.00 Å². The first kappa shape index (κ1) is 14.2. The molecule has 0 spiro atoms. The SMILES string of the molecule is NC1(c2noc(-c3ccc([N+](=O)[O-])s3)n2)CCCCCC1. The predicted octanol–water partition coefficient (Wildman–Crippen LogP) is 3.21. The van der Waals surface area contributed by atoms with Gasteiger partial charge in [-0.05, 0) is 18.9 Å². The fraction of sp³-hybridized carbons (Fsp3) is 0.538. The molecule has 2 heterocycles. The summed E-state index contributed by atoms with van der Waals surface area (Å²) >= 11 is 1.02. The van der Waals surface area contributed by atoms with E-state index in [0.29, 0.717) is 16.6 Å². The lowest BCUT2D eigenvalue weighted by atomic mass is 9.91. The molecule has 112 valence electrons. The third kappa shape index (κ3) is 2.81. The van der Waals surface area contributed by atoms with Gasteiger partial charge in [-0.2, -0.15) is 4.98 Å². The third-order valence-corrected chi connectivity index (χ3v) is 4.87. The van der Waals surface area contributed by atoms with E-state index >= 15 is 0 Å². The third-order valence-electron chi connectivity index (χ3n) is 3.85. The number of aromatic nitrogens is 2. The molecule has 0 amide bonds. The van der Waals surface area contributed by atoms with Gasteiger partial charge in [-0.15, -0.1) is 0 Å². The summed E-state index contributed by atoms with van der Waals surface area (Å²) in [6, 6.07) is 3.06. The molecular formula is C13H16N4O3S. The number of rotatable bonds is 3. The Hall–Kier alpha value is -1.80. The van der Waals surface area contributed by atoms with Gasteiger partial charge in [0, 0.05) is 6.07 Å². The van der Waals surface area contributed by atoms with Crippen molar-refractivity contribution >= 4 is 16.3 Å². The highest BCUT2D eigenvalue weighted by atomic mass is 32.1. The Labute approximate surface area is 125 Å². The maximum Gasteiger partial charge on any atom is 0.324 e. The summed E-state index contributed by atoms with van der Waals surface area (Å²) in [5, 5.41) is 14.8. The molecular weight excluding hydrogens is 292 g/mol. The summed E-state index contributed by atoms with van der Waals surface area (Å²) in [6.45, 7) is 0. The average molecular weight is 308 g/mol. The highest BCUT2D eigenvalue weighted by Crippen LogP contribution is 2.35. The Morgan fingerprint density at radius 3 is 2.62 bits per heavy atom. The van der Waals surface area contributed by atoms with Gasteiger partial charge < -0.3 is 10.3 Å². The molecule has 1 fully saturated rings. The van der Waals surface area contributed by atoms with Crippen molar-refractivity contribution in [2.75, 3.05) is 0 Å². The second-order valence-corrected chi connectivity index (χ2v) is 6.45. The van der Waals surface area contributed by atoms with Crippen LogP contribution in [0.3, 0.4) is 0 Å². The first-order valence-electron chi connectivity index (χ1n) is 6.96. The minimum Gasteiger partial charge on any atom is -0.333 e. The zero-order chi connectivity index (χ0) is 14.9. The molecule has 0 aromatic carbocycles. The van der Waals surface area contributed by atoms with Gasteiger partial charge in [-0.1, -0.05) is 42.2 Å². The van der Waals surface area contributed by atoms with Crippen LogP contribution in [-0.4, -0.2) is 15.1 Å². The van der Waals surface area contributed by atoms with Crippen molar-refractivity contribution in [2.45, 2.75) is 44.1 Å². The standard InChI is InChI=1S/C13H16N4O3S/c14-13(7-3-1-2-4-8-13)12-15-11(20-16-12)9-5-6-10(21-9)17(18)19/h5-6H,1-4,7-8,14H2. The van der Waals surface area contributed by atoms with Crippen LogP contribution in [0.5, 0.6) is 0 Å². The van der Waals surface area contributed by atoms with Crippen molar-refractivity contribution in [1.82, 2.24) is 10.1 Å². The molecule has 1 aliphatic carbocycles. The minimum atomic E-state index is -0.540. The Balaban J connectivity index is 1.86. The fourth-order valence-corrected chi connectivity index (χ4v) is 3.39. The zero-order valence-electron chi connectivity index (χ0n) is 11.4. The van der Waals surface area contributed by atoms with E-state index in [2.05, 4.69) is 10.1 Å². The van der Waals surface area contributed by atoms with E-state index in [1.165, 1.54) is 18.9 Å². The number of hydrogen-bond acceptors (Lipinski definition) is 7. The molecule has 1 saturated carbocycles. The molecule has 0 saturated heterocycles. The number of thiophene rings is 1. The van der Waals surface area contributed by atoms with Gasteiger partial charge in [-0.3, -0.25) is 10.1 Å². The van der Waals surface area contributed by atoms with Crippen LogP contribution in [-0.2, 0) is 5.54 Å². The number of nitrogens with two attached hydrogens (primary N) is 1. The van der Waals surface area contributed by atoms with Crippen LogP contribution in [0.15, 0.2) is 16.7 Å². The van der Waals surface area contributed by atoms with E-state index in [-0.39, 0.29) is 5.00 Å². The van der Waals surface area contributed by atoms with Crippen LogP contribution in [0.25, 0.3) is 10.8 Å². The first-order chi connectivity index (χ1) is 10.1. The van der Waals surface area contributed by atoms with Crippen molar-refractivity contribution in [2.24, 2.45) is 5.73 Å². The van der Waals surface area contributed by atoms with Crippen LogP contribution in [0.2, 0.25) is 0 Å². The number of hydrogen-bond donors (Lipinski definition) is 1. The fourth-order valence-electron chi connectivity index (χ4n) is 2.65. The lowest BCUT2D eigenvalue weighted by Crippen LogP contribution is -2.37. The molecule has 7 nitrogen and oxygen atoms in total. The average Bonchev–Trinajstić information content (AvgIpc) is 3.07. The molecule has 0 aliphatic heterocycles. The monoisotopic (exact) mass is 308 g/mol. The summed E-state index contributed by atoms with van der Waals surface area (Å²) in [7, 11) is 0. The molecule has 21 heavy (non-hydrogen) atoms. The van der Waals surface area contributed by atoms with Gasteiger partial charge in [0.1, 0.15) is 0 Å². The summed E-state index contributed by atoms with van der Waals surface area (Å²) in [5.41, 5.74) is 5.90. The maximum absolute atomic E-state index is 10.7. The van der Waals surface area contributed by atoms with Gasteiger partial charge in [0.05, 0.1) is 15.3 Å². The van der Waals surface area contributed by atoms with Gasteiger partial charge in [0.2, 0.25) is 0 Å². The lowest BCUT2D eigenvalue weighted by Gasteiger charge is -2.23. The molecule has 0 atom stereocenters. The van der Waals surface area contributed by atoms with Gasteiger partial charge >= 0.3 is 5.00 Å². The molecule has 0 unspecified atom stereocenters. The first-order valence-corrected chi connectivity index (χ1v) is 7.78. The Morgan fingerprint density at radius 1 is 1.29 bits per heavy atom. The van der Waals surface area contributed by atoms with Crippen molar-refractivity contribution in [1.29, 1.82) is 0 Å². The van der Waals surface area contributed by atoms with Gasteiger partial charge in [-0.25, -0.2) is 0 Å². The summed E-state index contributed by atoms with van der Waals surface area (Å²) in [4.78, 5) is 15.3. The molecule has 2 aromatic rings. The van der Waals surface area contributed by atoms with Gasteiger partial charge in [0.15, 0.2) is 5.82 Å². The topological polar surface area (TPSA) is 108 Å². The smallest absolute Gasteiger partial charge is 0.324 e. The minimum absolute atomic E-state index is 0.0571. The normalized spacial score (nSPS) is 18.3. The highest BCUT2D eigenvalue weighted by molar-refractivity contribution is 7.18. The molecule has 2 N–H and O–H groups in total. The molecule has 0 bridgehead atoms. The van der Waals surface area contributed by atoms with E-state index in [9.17, 15) is 10.1 Å². The lowest BCUT2D eigenvalue weighted by molar-refractivity contribution is -0.380.